The fourth-order valence-corrected chi connectivity index (χ4v) is 2.45. The Hall–Kier alpha value is -0.860. The summed E-state index contributed by atoms with van der Waals surface area (Å²) in [6, 6.07) is 8.56. The van der Waals surface area contributed by atoms with E-state index in [4.69, 9.17) is 0 Å². The second kappa shape index (κ2) is 4.77. The van der Waals surface area contributed by atoms with Crippen LogP contribution in [0, 0.1) is 12.8 Å². The van der Waals surface area contributed by atoms with Crippen molar-refractivity contribution in [3.63, 3.8) is 0 Å². The monoisotopic (exact) mass is 205 g/mol. The van der Waals surface area contributed by atoms with Gasteiger partial charge in [-0.25, -0.2) is 0 Å². The van der Waals surface area contributed by atoms with Gasteiger partial charge in [-0.1, -0.05) is 24.3 Å². The lowest BCUT2D eigenvalue weighted by Gasteiger charge is -2.30. The minimum atomic E-state index is 0.301. The molecule has 2 heteroatoms. The van der Waals surface area contributed by atoms with Crippen LogP contribution in [-0.2, 0) is 0 Å². The summed E-state index contributed by atoms with van der Waals surface area (Å²) in [5, 5.41) is 12.6. The highest BCUT2D eigenvalue weighted by molar-refractivity contribution is 5.29. The van der Waals surface area contributed by atoms with Crippen LogP contribution in [0.4, 0.5) is 0 Å². The highest BCUT2D eigenvalue weighted by atomic mass is 16.3. The zero-order chi connectivity index (χ0) is 10.7. The van der Waals surface area contributed by atoms with E-state index in [1.54, 1.807) is 0 Å². The van der Waals surface area contributed by atoms with Crippen LogP contribution in [0.25, 0.3) is 0 Å². The molecule has 2 unspecified atom stereocenters. The molecule has 1 aromatic rings. The molecule has 15 heavy (non-hydrogen) atoms. The topological polar surface area (TPSA) is 32.3 Å². The molecular formula is C13H19NO. The molecule has 2 N–H and O–H groups in total. The predicted molar refractivity (Wildman–Crippen MR) is 62.0 cm³/mol. The normalized spacial score (nSPS) is 26.5. The number of aryl methyl sites for hydroxylation is 1. The van der Waals surface area contributed by atoms with Crippen molar-refractivity contribution >= 4 is 0 Å². The molecule has 2 nitrogen and oxygen atoms in total. The van der Waals surface area contributed by atoms with E-state index in [9.17, 15) is 5.11 Å². The van der Waals surface area contributed by atoms with E-state index in [2.05, 4.69) is 36.5 Å². The zero-order valence-corrected chi connectivity index (χ0v) is 9.24. The van der Waals surface area contributed by atoms with E-state index in [1.165, 1.54) is 11.1 Å². The summed E-state index contributed by atoms with van der Waals surface area (Å²) in [5.74, 6) is 0.987. The third-order valence-electron chi connectivity index (χ3n) is 3.33. The van der Waals surface area contributed by atoms with Gasteiger partial charge < -0.3 is 10.4 Å². The SMILES string of the molecule is Cc1ccccc1C1CNCC(CO)C1. The molecule has 1 fully saturated rings. The fraction of sp³-hybridized carbons (Fsp3) is 0.538. The molecule has 1 saturated heterocycles. The summed E-state index contributed by atoms with van der Waals surface area (Å²) in [7, 11) is 0. The number of aliphatic hydroxyl groups excluding tert-OH is 1. The average Bonchev–Trinajstić information content (AvgIpc) is 2.30. The van der Waals surface area contributed by atoms with Crippen molar-refractivity contribution in [2.75, 3.05) is 19.7 Å². The van der Waals surface area contributed by atoms with Gasteiger partial charge in [0.2, 0.25) is 0 Å². The van der Waals surface area contributed by atoms with Gasteiger partial charge >= 0.3 is 0 Å². The summed E-state index contributed by atoms with van der Waals surface area (Å²) in [6.45, 7) is 4.47. The molecule has 1 aromatic carbocycles. The molecule has 0 radical (unpaired) electrons. The van der Waals surface area contributed by atoms with Gasteiger partial charge in [-0.05, 0) is 36.3 Å². The van der Waals surface area contributed by atoms with Crippen LogP contribution >= 0.6 is 0 Å². The number of rotatable bonds is 2. The van der Waals surface area contributed by atoms with E-state index in [0.29, 0.717) is 18.4 Å². The molecule has 2 rings (SSSR count). The Kier molecular flexibility index (Phi) is 3.39. The van der Waals surface area contributed by atoms with Crippen LogP contribution in [0.5, 0.6) is 0 Å². The molecule has 0 saturated carbocycles. The third kappa shape index (κ3) is 2.39. The van der Waals surface area contributed by atoms with Gasteiger partial charge in [-0.2, -0.15) is 0 Å². The first-order valence-electron chi connectivity index (χ1n) is 5.68. The maximum Gasteiger partial charge on any atom is 0.0471 e. The van der Waals surface area contributed by atoms with Crippen LogP contribution in [0.1, 0.15) is 23.5 Å². The quantitative estimate of drug-likeness (QED) is 0.770. The fourth-order valence-electron chi connectivity index (χ4n) is 2.45. The molecule has 0 bridgehead atoms. The Morgan fingerprint density at radius 3 is 2.87 bits per heavy atom. The Balaban J connectivity index is 2.13. The summed E-state index contributed by atoms with van der Waals surface area (Å²) in [6.07, 6.45) is 1.11. The summed E-state index contributed by atoms with van der Waals surface area (Å²) < 4.78 is 0. The Labute approximate surface area is 91.3 Å². The van der Waals surface area contributed by atoms with Crippen molar-refractivity contribution in [2.24, 2.45) is 5.92 Å². The van der Waals surface area contributed by atoms with Crippen molar-refractivity contribution in [3.05, 3.63) is 35.4 Å². The number of piperidine rings is 1. The average molecular weight is 205 g/mol. The molecule has 0 aliphatic carbocycles. The van der Waals surface area contributed by atoms with Crippen molar-refractivity contribution in [2.45, 2.75) is 19.3 Å². The Morgan fingerprint density at radius 2 is 2.13 bits per heavy atom. The van der Waals surface area contributed by atoms with Crippen LogP contribution in [0.3, 0.4) is 0 Å². The first-order chi connectivity index (χ1) is 7.31. The van der Waals surface area contributed by atoms with Gasteiger partial charge in [0.1, 0.15) is 0 Å². The second-order valence-electron chi connectivity index (χ2n) is 4.50. The van der Waals surface area contributed by atoms with Crippen LogP contribution in [0.15, 0.2) is 24.3 Å². The van der Waals surface area contributed by atoms with Gasteiger partial charge in [0.15, 0.2) is 0 Å². The third-order valence-corrected chi connectivity index (χ3v) is 3.33. The highest BCUT2D eigenvalue weighted by Gasteiger charge is 2.22. The molecule has 1 aliphatic rings. The van der Waals surface area contributed by atoms with Crippen molar-refractivity contribution in [3.8, 4) is 0 Å². The minimum Gasteiger partial charge on any atom is -0.396 e. The van der Waals surface area contributed by atoms with Crippen molar-refractivity contribution < 1.29 is 5.11 Å². The van der Waals surface area contributed by atoms with E-state index in [1.807, 2.05) is 0 Å². The largest absolute Gasteiger partial charge is 0.396 e. The number of benzene rings is 1. The van der Waals surface area contributed by atoms with Crippen LogP contribution in [-0.4, -0.2) is 24.8 Å². The van der Waals surface area contributed by atoms with Crippen LogP contribution in [0.2, 0.25) is 0 Å². The molecule has 0 spiro atoms. The summed E-state index contributed by atoms with van der Waals surface area (Å²) >= 11 is 0. The molecule has 0 amide bonds. The van der Waals surface area contributed by atoms with Crippen molar-refractivity contribution in [1.82, 2.24) is 5.32 Å². The van der Waals surface area contributed by atoms with E-state index in [-0.39, 0.29) is 0 Å². The van der Waals surface area contributed by atoms with Gasteiger partial charge in [-0.15, -0.1) is 0 Å². The van der Waals surface area contributed by atoms with Crippen LogP contribution < -0.4 is 5.32 Å². The lowest BCUT2D eigenvalue weighted by molar-refractivity contribution is 0.190. The maximum absolute atomic E-state index is 9.19. The van der Waals surface area contributed by atoms with E-state index in [0.717, 1.165) is 19.5 Å². The van der Waals surface area contributed by atoms with E-state index < -0.39 is 0 Å². The second-order valence-corrected chi connectivity index (χ2v) is 4.50. The summed E-state index contributed by atoms with van der Waals surface area (Å²) in [5.41, 5.74) is 2.80. The standard InChI is InChI=1S/C13H19NO/c1-10-4-2-3-5-13(10)12-6-11(9-15)7-14-8-12/h2-5,11-12,14-15H,6-9H2,1H3. The molecule has 1 aliphatic heterocycles. The maximum atomic E-state index is 9.19. The number of aliphatic hydroxyl groups is 1. The minimum absolute atomic E-state index is 0.301. The first-order valence-corrected chi connectivity index (χ1v) is 5.68. The Morgan fingerprint density at radius 1 is 1.33 bits per heavy atom. The smallest absolute Gasteiger partial charge is 0.0471 e. The lowest BCUT2D eigenvalue weighted by atomic mass is 9.84. The number of hydrogen-bond donors (Lipinski definition) is 2. The van der Waals surface area contributed by atoms with Gasteiger partial charge in [0, 0.05) is 19.7 Å². The van der Waals surface area contributed by atoms with E-state index >= 15 is 0 Å². The van der Waals surface area contributed by atoms with Gasteiger partial charge in [0.05, 0.1) is 0 Å². The van der Waals surface area contributed by atoms with Crippen molar-refractivity contribution in [1.29, 1.82) is 0 Å². The summed E-state index contributed by atoms with van der Waals surface area (Å²) in [4.78, 5) is 0. The Bertz CT molecular complexity index is 324. The first kappa shape index (κ1) is 10.7. The number of nitrogens with one attached hydrogen (secondary N) is 1. The highest BCUT2D eigenvalue weighted by Crippen LogP contribution is 2.28. The molecule has 82 valence electrons. The molecular weight excluding hydrogens is 186 g/mol. The lowest BCUT2D eigenvalue weighted by Crippen LogP contribution is -2.36. The predicted octanol–water partition coefficient (Wildman–Crippen LogP) is 1.68. The molecule has 0 aromatic heterocycles. The molecule has 1 heterocycles. The van der Waals surface area contributed by atoms with Gasteiger partial charge in [0.25, 0.3) is 0 Å². The number of hydrogen-bond acceptors (Lipinski definition) is 2. The molecule has 2 atom stereocenters. The zero-order valence-electron chi connectivity index (χ0n) is 9.24. The van der Waals surface area contributed by atoms with Gasteiger partial charge in [-0.3, -0.25) is 0 Å².